The van der Waals surface area contributed by atoms with E-state index in [9.17, 15) is 9.00 Å². The molecule has 2 aromatic rings. The molecule has 1 unspecified atom stereocenters. The highest BCUT2D eigenvalue weighted by Crippen LogP contribution is 2.33. The van der Waals surface area contributed by atoms with E-state index in [1.165, 1.54) is 5.56 Å². The number of amides is 1. The fourth-order valence-electron chi connectivity index (χ4n) is 2.80. The summed E-state index contributed by atoms with van der Waals surface area (Å²) in [6.45, 7) is 5.80. The number of carbonyl (C=O) groups is 1. The average Bonchev–Trinajstić information content (AvgIpc) is 2.72. The number of carbonyl (C=O) groups excluding carboxylic acids is 1. The van der Waals surface area contributed by atoms with Crippen molar-refractivity contribution in [3.63, 3.8) is 0 Å². The van der Waals surface area contributed by atoms with Crippen LogP contribution in [0.3, 0.4) is 0 Å². The molecule has 0 bridgehead atoms. The van der Waals surface area contributed by atoms with Crippen LogP contribution in [0.2, 0.25) is 0 Å². The predicted octanol–water partition coefficient (Wildman–Crippen LogP) is 4.77. The van der Waals surface area contributed by atoms with Crippen molar-refractivity contribution in [3.8, 4) is 11.5 Å². The standard InChI is InChI=1S/C23H31NO5S2/c1-23(2,3)29-22(25)24-12-11-18-13-19(27-4)20(28-5)14-21(18)31(26)16-30-15-17-9-7-6-8-10-17/h6-10,13-14H,11-12,15-16H2,1-5H3,(H,24,25). The van der Waals surface area contributed by atoms with Crippen LogP contribution >= 0.6 is 11.8 Å². The SMILES string of the molecule is COc1cc(CCNC(=O)OC(C)(C)C)c(S(=O)CSCc2ccccc2)cc1OC. The van der Waals surface area contributed by atoms with Crippen molar-refractivity contribution in [1.29, 1.82) is 0 Å². The zero-order valence-electron chi connectivity index (χ0n) is 18.7. The van der Waals surface area contributed by atoms with Crippen molar-refractivity contribution in [2.45, 2.75) is 43.4 Å². The summed E-state index contributed by atoms with van der Waals surface area (Å²) in [5.74, 6) is 1.88. The number of methoxy groups -OCH3 is 2. The third kappa shape index (κ3) is 8.45. The van der Waals surface area contributed by atoms with E-state index < -0.39 is 22.5 Å². The first-order valence-corrected chi connectivity index (χ1v) is 12.4. The zero-order chi connectivity index (χ0) is 22.9. The van der Waals surface area contributed by atoms with Gasteiger partial charge in [0, 0.05) is 23.3 Å². The summed E-state index contributed by atoms with van der Waals surface area (Å²) in [7, 11) is 1.88. The topological polar surface area (TPSA) is 73.9 Å². The number of alkyl carbamates (subject to hydrolysis) is 1. The van der Waals surface area contributed by atoms with Crippen LogP contribution in [0.4, 0.5) is 4.79 Å². The van der Waals surface area contributed by atoms with Crippen LogP contribution in [0, 0.1) is 0 Å². The maximum atomic E-state index is 13.1. The van der Waals surface area contributed by atoms with Crippen LogP contribution in [0.15, 0.2) is 47.4 Å². The second-order valence-electron chi connectivity index (χ2n) is 7.79. The molecule has 2 aromatic carbocycles. The molecule has 2 rings (SSSR count). The molecule has 0 heterocycles. The molecule has 8 heteroatoms. The van der Waals surface area contributed by atoms with E-state index in [-0.39, 0.29) is 0 Å². The number of benzene rings is 2. The van der Waals surface area contributed by atoms with Gasteiger partial charge < -0.3 is 19.5 Å². The average molecular weight is 466 g/mol. The first-order chi connectivity index (χ1) is 14.7. The van der Waals surface area contributed by atoms with Gasteiger partial charge in [-0.3, -0.25) is 4.21 Å². The van der Waals surface area contributed by atoms with Gasteiger partial charge in [-0.25, -0.2) is 4.79 Å². The molecule has 0 aliphatic carbocycles. The summed E-state index contributed by atoms with van der Waals surface area (Å²) in [5, 5.41) is 3.20. The molecule has 170 valence electrons. The van der Waals surface area contributed by atoms with Gasteiger partial charge in [0.15, 0.2) is 11.5 Å². The molecule has 1 amide bonds. The Balaban J connectivity index is 2.08. The normalized spacial score (nSPS) is 12.2. The second kappa shape index (κ2) is 12.0. The molecule has 31 heavy (non-hydrogen) atoms. The third-order valence-corrected chi connectivity index (χ3v) is 7.11. The third-order valence-electron chi connectivity index (χ3n) is 4.18. The highest BCUT2D eigenvalue weighted by Gasteiger charge is 2.18. The van der Waals surface area contributed by atoms with E-state index in [1.54, 1.807) is 32.0 Å². The van der Waals surface area contributed by atoms with Crippen LogP contribution < -0.4 is 14.8 Å². The molecule has 0 fully saturated rings. The largest absolute Gasteiger partial charge is 0.493 e. The molecule has 6 nitrogen and oxygen atoms in total. The Bertz CT molecular complexity index is 882. The van der Waals surface area contributed by atoms with Crippen molar-refractivity contribution >= 4 is 28.7 Å². The van der Waals surface area contributed by atoms with Gasteiger partial charge in [-0.05, 0) is 44.4 Å². The van der Waals surface area contributed by atoms with E-state index in [0.717, 1.165) is 11.3 Å². The number of hydrogen-bond acceptors (Lipinski definition) is 6. The van der Waals surface area contributed by atoms with Gasteiger partial charge in [0.25, 0.3) is 0 Å². The first-order valence-electron chi connectivity index (χ1n) is 9.95. The summed E-state index contributed by atoms with van der Waals surface area (Å²) in [6, 6.07) is 13.7. The van der Waals surface area contributed by atoms with Crippen LogP contribution in [0.1, 0.15) is 31.9 Å². The molecule has 0 aliphatic rings. The van der Waals surface area contributed by atoms with E-state index >= 15 is 0 Å². The lowest BCUT2D eigenvalue weighted by Crippen LogP contribution is -2.33. The van der Waals surface area contributed by atoms with Crippen molar-refractivity contribution in [2.24, 2.45) is 0 Å². The molecule has 1 N–H and O–H groups in total. The summed E-state index contributed by atoms with van der Waals surface area (Å²) in [4.78, 5) is 12.6. The van der Waals surface area contributed by atoms with Crippen LogP contribution in [0.5, 0.6) is 11.5 Å². The van der Waals surface area contributed by atoms with Gasteiger partial charge in [0.05, 0.1) is 30.1 Å². The highest BCUT2D eigenvalue weighted by molar-refractivity contribution is 8.09. The highest BCUT2D eigenvalue weighted by atomic mass is 32.2. The maximum Gasteiger partial charge on any atom is 0.407 e. The number of ether oxygens (including phenoxy) is 3. The first kappa shape index (κ1) is 25.1. The van der Waals surface area contributed by atoms with E-state index in [1.807, 2.05) is 45.0 Å². The Hall–Kier alpha value is -2.19. The lowest BCUT2D eigenvalue weighted by Gasteiger charge is -2.20. The van der Waals surface area contributed by atoms with Crippen LogP contribution in [-0.4, -0.2) is 41.8 Å². The van der Waals surface area contributed by atoms with Crippen molar-refractivity contribution in [1.82, 2.24) is 5.32 Å². The van der Waals surface area contributed by atoms with Crippen molar-refractivity contribution < 1.29 is 23.2 Å². The van der Waals surface area contributed by atoms with E-state index in [0.29, 0.717) is 34.4 Å². The number of rotatable bonds is 10. The Morgan fingerprint density at radius 3 is 2.32 bits per heavy atom. The summed E-state index contributed by atoms with van der Waals surface area (Å²) < 4.78 is 29.2. The quantitative estimate of drug-likeness (QED) is 0.545. The monoisotopic (exact) mass is 465 g/mol. The number of thioether (sulfide) groups is 1. The lowest BCUT2D eigenvalue weighted by atomic mass is 10.1. The summed E-state index contributed by atoms with van der Waals surface area (Å²) >= 11 is 1.61. The Labute approximate surface area is 191 Å². The Morgan fingerprint density at radius 2 is 1.71 bits per heavy atom. The minimum Gasteiger partial charge on any atom is -0.493 e. The van der Waals surface area contributed by atoms with Crippen molar-refractivity contribution in [2.75, 3.05) is 25.8 Å². The molecule has 0 aromatic heterocycles. The minimum atomic E-state index is -1.24. The molecular formula is C23H31NO5S2. The van der Waals surface area contributed by atoms with E-state index in [2.05, 4.69) is 17.4 Å². The number of hydrogen-bond donors (Lipinski definition) is 1. The fourth-order valence-corrected chi connectivity index (χ4v) is 5.36. The van der Waals surface area contributed by atoms with Gasteiger partial charge in [0.2, 0.25) is 0 Å². The van der Waals surface area contributed by atoms with Crippen LogP contribution in [0.25, 0.3) is 0 Å². The lowest BCUT2D eigenvalue weighted by molar-refractivity contribution is 0.0528. The predicted molar refractivity (Wildman–Crippen MR) is 126 cm³/mol. The van der Waals surface area contributed by atoms with Gasteiger partial charge in [-0.1, -0.05) is 30.3 Å². The molecule has 0 saturated carbocycles. The Kier molecular flexibility index (Phi) is 9.71. The Morgan fingerprint density at radius 1 is 1.06 bits per heavy atom. The molecule has 0 radical (unpaired) electrons. The van der Waals surface area contributed by atoms with E-state index in [4.69, 9.17) is 14.2 Å². The summed E-state index contributed by atoms with van der Waals surface area (Å²) in [5.41, 5.74) is 1.47. The van der Waals surface area contributed by atoms with Crippen LogP contribution in [-0.2, 0) is 27.7 Å². The molecular weight excluding hydrogens is 434 g/mol. The molecule has 0 saturated heterocycles. The fraction of sp³-hybridized carbons (Fsp3) is 0.435. The molecule has 0 aliphatic heterocycles. The summed E-state index contributed by atoms with van der Waals surface area (Å²) in [6.07, 6.45) is 0.0124. The minimum absolute atomic E-state index is 0.353. The number of nitrogens with one attached hydrogen (secondary N) is 1. The maximum absolute atomic E-state index is 13.1. The smallest absolute Gasteiger partial charge is 0.407 e. The molecule has 0 spiro atoms. The van der Waals surface area contributed by atoms with Gasteiger partial charge >= 0.3 is 6.09 Å². The molecule has 1 atom stereocenters. The van der Waals surface area contributed by atoms with Gasteiger partial charge in [0.1, 0.15) is 5.60 Å². The van der Waals surface area contributed by atoms with Crippen molar-refractivity contribution in [3.05, 3.63) is 53.6 Å². The second-order valence-corrected chi connectivity index (χ2v) is 10.6. The van der Waals surface area contributed by atoms with Gasteiger partial charge in [-0.2, -0.15) is 0 Å². The van der Waals surface area contributed by atoms with Gasteiger partial charge in [-0.15, -0.1) is 11.8 Å². The zero-order valence-corrected chi connectivity index (χ0v) is 20.4.